The molecule has 0 aromatic heterocycles. The van der Waals surface area contributed by atoms with E-state index in [4.69, 9.17) is 14.7 Å². The number of hydrogen-bond acceptors (Lipinski definition) is 3. The maximum absolute atomic E-state index is 7.23. The second kappa shape index (κ2) is 5.52. The molecule has 0 spiro atoms. The molecule has 0 saturated heterocycles. The molecular formula is C4H16O3P2. The maximum Gasteiger partial charge on any atom is 0.324 e. The predicted molar refractivity (Wildman–Crippen MR) is 45.6 cm³/mol. The minimum atomic E-state index is -2.62. The smallest absolute Gasteiger partial charge is 0.324 e. The molecule has 3 N–H and O–H groups in total. The van der Waals surface area contributed by atoms with Crippen LogP contribution in [0, 0.1) is 0 Å². The molecule has 0 heterocycles. The van der Waals surface area contributed by atoms with Crippen molar-refractivity contribution in [1.82, 2.24) is 0 Å². The van der Waals surface area contributed by atoms with Crippen LogP contribution in [0.4, 0.5) is 0 Å². The molecule has 0 aromatic carbocycles. The first-order valence-corrected chi connectivity index (χ1v) is 7.80. The summed E-state index contributed by atoms with van der Waals surface area (Å²) >= 11 is 0. The van der Waals surface area contributed by atoms with Crippen LogP contribution in [0.15, 0.2) is 0 Å². The van der Waals surface area contributed by atoms with Gasteiger partial charge < -0.3 is 14.7 Å². The Kier molecular flexibility index (Phi) is 7.62. The molecule has 0 saturated carbocycles. The van der Waals surface area contributed by atoms with Gasteiger partial charge in [0.15, 0.2) is 0 Å². The summed E-state index contributed by atoms with van der Waals surface area (Å²) in [5.41, 5.74) is 0. The van der Waals surface area contributed by atoms with Crippen molar-refractivity contribution in [3.05, 3.63) is 0 Å². The van der Waals surface area contributed by atoms with Crippen molar-refractivity contribution in [2.75, 3.05) is 26.7 Å². The van der Waals surface area contributed by atoms with E-state index in [1.54, 1.807) is 0 Å². The monoisotopic (exact) mass is 174 g/mol. The Bertz CT molecular complexity index is 50.6. The van der Waals surface area contributed by atoms with Gasteiger partial charge in [0.05, 0.1) is 0 Å². The Balaban J connectivity index is 0. The summed E-state index contributed by atoms with van der Waals surface area (Å²) in [5, 5.41) is 0. The van der Waals surface area contributed by atoms with Gasteiger partial charge in [0.1, 0.15) is 0 Å². The quantitative estimate of drug-likeness (QED) is 0.467. The second-order valence-corrected chi connectivity index (χ2v) is 9.80. The number of hydrogen-bond donors (Lipinski definition) is 3. The summed E-state index contributed by atoms with van der Waals surface area (Å²) in [5.74, 6) is 0. The molecule has 0 rings (SSSR count). The molecule has 60 valence electrons. The van der Waals surface area contributed by atoms with Crippen LogP contribution < -0.4 is 0 Å². The molecule has 0 atom stereocenters. The van der Waals surface area contributed by atoms with Crippen LogP contribution in [-0.4, -0.2) is 41.3 Å². The van der Waals surface area contributed by atoms with Gasteiger partial charge >= 0.3 is 42.5 Å². The third-order valence-corrected chi connectivity index (χ3v) is 0. The van der Waals surface area contributed by atoms with E-state index in [-0.39, 0.29) is 0 Å². The molecule has 0 fully saturated rings. The van der Waals surface area contributed by atoms with Crippen LogP contribution in [0.2, 0.25) is 0 Å². The minimum Gasteiger partial charge on any atom is -0.328 e. The van der Waals surface area contributed by atoms with Crippen molar-refractivity contribution in [2.45, 2.75) is 0 Å². The molecule has 5 heteroatoms. The van der Waals surface area contributed by atoms with Crippen LogP contribution in [0.25, 0.3) is 0 Å². The summed E-state index contributed by atoms with van der Waals surface area (Å²) in [6.45, 7) is 9.31. The van der Waals surface area contributed by atoms with Crippen LogP contribution in [0.1, 0.15) is 0 Å². The van der Waals surface area contributed by atoms with Crippen molar-refractivity contribution in [3.63, 3.8) is 0 Å². The zero-order valence-corrected chi connectivity index (χ0v) is 8.18. The summed E-state index contributed by atoms with van der Waals surface area (Å²) in [6, 6.07) is 0. The molecular weight excluding hydrogens is 158 g/mol. The van der Waals surface area contributed by atoms with Gasteiger partial charge in [0.2, 0.25) is 0 Å². The Morgan fingerprint density at radius 2 is 0.889 bits per heavy atom. The van der Waals surface area contributed by atoms with Crippen molar-refractivity contribution in [1.29, 1.82) is 0 Å². The summed E-state index contributed by atoms with van der Waals surface area (Å²) in [4.78, 5) is 21.7. The fraction of sp³-hybridized carbons (Fsp3) is 1.00. The van der Waals surface area contributed by atoms with E-state index in [1.165, 1.54) is 0 Å². The number of rotatable bonds is 0. The first kappa shape index (κ1) is 12.4. The van der Waals surface area contributed by atoms with Crippen molar-refractivity contribution in [2.24, 2.45) is 0 Å². The van der Waals surface area contributed by atoms with E-state index in [1.807, 2.05) is 0 Å². The average Bonchev–Trinajstić information content (AvgIpc) is 1.19. The summed E-state index contributed by atoms with van der Waals surface area (Å²) < 4.78 is 0. The van der Waals surface area contributed by atoms with Gasteiger partial charge in [-0.25, -0.2) is 0 Å². The predicted octanol–water partition coefficient (Wildman–Crippen LogP) is 0.446. The molecule has 0 bridgehead atoms. The average molecular weight is 174 g/mol. The Labute approximate surface area is 58.1 Å². The molecule has 3 nitrogen and oxygen atoms in total. The van der Waals surface area contributed by atoms with E-state index < -0.39 is 15.9 Å². The normalized spacial score (nSPS) is 12.4. The topological polar surface area (TPSA) is 60.7 Å². The zero-order chi connectivity index (χ0) is 8.08. The van der Waals surface area contributed by atoms with E-state index in [9.17, 15) is 0 Å². The van der Waals surface area contributed by atoms with Crippen LogP contribution >= 0.6 is 15.9 Å². The molecule has 0 aliphatic heterocycles. The van der Waals surface area contributed by atoms with E-state index in [2.05, 4.69) is 26.7 Å². The molecule has 0 amide bonds. The first-order valence-electron chi connectivity index (χ1n) is 2.60. The van der Waals surface area contributed by atoms with Crippen molar-refractivity contribution < 1.29 is 14.7 Å². The first-order chi connectivity index (χ1) is 3.73. The summed E-state index contributed by atoms with van der Waals surface area (Å²) in [6.07, 6.45) is 0. The zero-order valence-electron chi connectivity index (χ0n) is 6.29. The van der Waals surface area contributed by atoms with Gasteiger partial charge in [-0.3, -0.25) is 0 Å². The van der Waals surface area contributed by atoms with Gasteiger partial charge in [-0.15, -0.1) is 0 Å². The van der Waals surface area contributed by atoms with Crippen molar-refractivity contribution in [3.8, 4) is 0 Å². The Morgan fingerprint density at radius 1 is 0.889 bits per heavy atom. The van der Waals surface area contributed by atoms with Crippen LogP contribution in [-0.2, 0) is 0 Å². The fourth-order valence-corrected chi connectivity index (χ4v) is 0. The van der Waals surface area contributed by atoms with Gasteiger partial charge in [-0.2, -0.15) is 0 Å². The van der Waals surface area contributed by atoms with E-state index in [0.717, 1.165) is 0 Å². The second-order valence-electron chi connectivity index (χ2n) is 3.27. The van der Waals surface area contributed by atoms with Crippen LogP contribution in [0.3, 0.4) is 0 Å². The molecule has 0 aliphatic rings. The van der Waals surface area contributed by atoms with E-state index in [0.29, 0.717) is 0 Å². The Morgan fingerprint density at radius 3 is 0.889 bits per heavy atom. The van der Waals surface area contributed by atoms with E-state index >= 15 is 0 Å². The molecule has 0 radical (unpaired) electrons. The summed E-state index contributed by atoms with van der Waals surface area (Å²) in [7, 11) is -3.23. The Hall–Kier alpha value is 0.740. The fourth-order valence-electron chi connectivity index (χ4n) is 0. The van der Waals surface area contributed by atoms with Gasteiger partial charge in [-0.1, -0.05) is 0 Å². The maximum atomic E-state index is 7.23. The van der Waals surface area contributed by atoms with Gasteiger partial charge in [-0.05, 0) is 0 Å². The molecule has 0 unspecified atom stereocenters. The molecule has 9 heavy (non-hydrogen) atoms. The largest absolute Gasteiger partial charge is 0.328 e. The standard InChI is InChI=1S/C4H13P.H3O3P/c1-5(2,3)4;1-4(2)3/h5H,1-4H3;1-3H. The van der Waals surface area contributed by atoms with Gasteiger partial charge in [0, 0.05) is 0 Å². The minimum absolute atomic E-state index is 0.611. The van der Waals surface area contributed by atoms with Crippen molar-refractivity contribution >= 4 is 15.9 Å². The van der Waals surface area contributed by atoms with Crippen LogP contribution in [0.5, 0.6) is 0 Å². The van der Waals surface area contributed by atoms with Gasteiger partial charge in [0.25, 0.3) is 0 Å². The third-order valence-electron chi connectivity index (χ3n) is 0. The molecule has 0 aliphatic carbocycles. The third kappa shape index (κ3) is 725. The SMILES string of the molecule is C[PH](C)(C)C.OP(O)O. The molecule has 0 aromatic rings.